The molecule has 1 fully saturated rings. The molecule has 28 heavy (non-hydrogen) atoms. The lowest BCUT2D eigenvalue weighted by atomic mass is 9.87. The largest absolute Gasteiger partial charge is 0.393 e. The SMILES string of the molecule is O=C(Nc1onc(-c2ccc(F)cc2)c1-c1ccncc1)C1CCC(O)CC1. The number of carbonyl (C=O) groups is 1. The zero-order chi connectivity index (χ0) is 19.5. The number of aliphatic hydroxyl groups excluding tert-OH is 1. The van der Waals surface area contributed by atoms with E-state index in [1.54, 1.807) is 36.7 Å². The van der Waals surface area contributed by atoms with Crippen LogP contribution in [0.2, 0.25) is 0 Å². The number of aromatic nitrogens is 2. The molecule has 3 aromatic rings. The maximum Gasteiger partial charge on any atom is 0.239 e. The van der Waals surface area contributed by atoms with Crippen LogP contribution in [0.5, 0.6) is 0 Å². The van der Waals surface area contributed by atoms with E-state index >= 15 is 0 Å². The fourth-order valence-corrected chi connectivity index (χ4v) is 3.52. The normalized spacial score (nSPS) is 19.4. The molecular formula is C21H20FN3O3. The predicted octanol–water partition coefficient (Wildman–Crippen LogP) is 4.03. The van der Waals surface area contributed by atoms with E-state index in [9.17, 15) is 14.3 Å². The highest BCUT2D eigenvalue weighted by Gasteiger charge is 2.28. The van der Waals surface area contributed by atoms with Crippen LogP contribution >= 0.6 is 0 Å². The van der Waals surface area contributed by atoms with Crippen molar-refractivity contribution < 1.29 is 18.8 Å². The van der Waals surface area contributed by atoms with E-state index < -0.39 is 0 Å². The second kappa shape index (κ2) is 7.90. The van der Waals surface area contributed by atoms with Gasteiger partial charge in [-0.3, -0.25) is 15.1 Å². The molecule has 1 aliphatic carbocycles. The van der Waals surface area contributed by atoms with Gasteiger partial charge in [0.15, 0.2) is 0 Å². The number of rotatable bonds is 4. The lowest BCUT2D eigenvalue weighted by Gasteiger charge is -2.24. The van der Waals surface area contributed by atoms with Gasteiger partial charge in [-0.25, -0.2) is 4.39 Å². The Bertz CT molecular complexity index is 949. The minimum atomic E-state index is -0.342. The minimum absolute atomic E-state index is 0.149. The lowest BCUT2D eigenvalue weighted by Crippen LogP contribution is -2.28. The van der Waals surface area contributed by atoms with Crippen LogP contribution < -0.4 is 5.32 Å². The molecule has 0 unspecified atom stereocenters. The van der Waals surface area contributed by atoms with Gasteiger partial charge in [-0.1, -0.05) is 5.16 Å². The summed E-state index contributed by atoms with van der Waals surface area (Å²) in [7, 11) is 0. The van der Waals surface area contributed by atoms with Crippen molar-refractivity contribution in [2.75, 3.05) is 5.32 Å². The van der Waals surface area contributed by atoms with Crippen molar-refractivity contribution in [1.29, 1.82) is 0 Å². The van der Waals surface area contributed by atoms with Crippen molar-refractivity contribution in [3.63, 3.8) is 0 Å². The minimum Gasteiger partial charge on any atom is -0.393 e. The monoisotopic (exact) mass is 381 g/mol. The number of pyridine rings is 1. The van der Waals surface area contributed by atoms with Crippen LogP contribution in [-0.4, -0.2) is 27.3 Å². The molecule has 0 aliphatic heterocycles. The molecule has 6 nitrogen and oxygen atoms in total. The molecule has 0 spiro atoms. The van der Waals surface area contributed by atoms with Crippen molar-refractivity contribution in [3.8, 4) is 22.4 Å². The number of benzene rings is 1. The van der Waals surface area contributed by atoms with E-state index in [0.717, 1.165) is 5.56 Å². The van der Waals surface area contributed by atoms with E-state index in [1.165, 1.54) is 12.1 Å². The van der Waals surface area contributed by atoms with Gasteiger partial charge in [0.05, 0.1) is 11.7 Å². The van der Waals surface area contributed by atoms with Crippen LogP contribution in [0.1, 0.15) is 25.7 Å². The molecule has 7 heteroatoms. The Balaban J connectivity index is 1.67. The number of hydrogen-bond acceptors (Lipinski definition) is 5. The van der Waals surface area contributed by atoms with Gasteiger partial charge in [0, 0.05) is 23.9 Å². The topological polar surface area (TPSA) is 88.3 Å². The van der Waals surface area contributed by atoms with Crippen LogP contribution in [-0.2, 0) is 4.79 Å². The highest BCUT2D eigenvalue weighted by Crippen LogP contribution is 2.38. The van der Waals surface area contributed by atoms with Crippen molar-refractivity contribution in [2.45, 2.75) is 31.8 Å². The number of anilines is 1. The predicted molar refractivity (Wildman–Crippen MR) is 102 cm³/mol. The number of amides is 1. The summed E-state index contributed by atoms with van der Waals surface area (Å²) in [5, 5.41) is 16.6. The van der Waals surface area contributed by atoms with Gasteiger partial charge in [0.1, 0.15) is 11.5 Å². The first-order valence-corrected chi connectivity index (χ1v) is 9.27. The quantitative estimate of drug-likeness (QED) is 0.712. The summed E-state index contributed by atoms with van der Waals surface area (Å²) in [6.07, 6.45) is 5.47. The lowest BCUT2D eigenvalue weighted by molar-refractivity contribution is -0.121. The van der Waals surface area contributed by atoms with Crippen LogP contribution in [0.15, 0.2) is 53.3 Å². The van der Waals surface area contributed by atoms with Gasteiger partial charge in [-0.2, -0.15) is 0 Å². The van der Waals surface area contributed by atoms with Gasteiger partial charge in [-0.05, 0) is 67.6 Å². The summed E-state index contributed by atoms with van der Waals surface area (Å²) in [5.41, 5.74) is 2.60. The summed E-state index contributed by atoms with van der Waals surface area (Å²) in [4.78, 5) is 16.7. The Labute approximate surface area is 161 Å². The van der Waals surface area contributed by atoms with E-state index in [1.807, 2.05) is 0 Å². The Morgan fingerprint density at radius 1 is 1.04 bits per heavy atom. The Hall–Kier alpha value is -3.06. The second-order valence-electron chi connectivity index (χ2n) is 6.97. The number of hydrogen-bond donors (Lipinski definition) is 2. The third-order valence-electron chi connectivity index (χ3n) is 5.08. The fraction of sp³-hybridized carbons (Fsp3) is 0.286. The van der Waals surface area contributed by atoms with E-state index in [2.05, 4.69) is 15.5 Å². The number of halogens is 1. The first-order valence-electron chi connectivity index (χ1n) is 9.27. The van der Waals surface area contributed by atoms with E-state index in [4.69, 9.17) is 4.52 Å². The molecule has 1 amide bonds. The molecule has 0 bridgehead atoms. The highest BCUT2D eigenvalue weighted by atomic mass is 19.1. The molecule has 1 aliphatic rings. The third kappa shape index (κ3) is 3.80. The highest BCUT2D eigenvalue weighted by molar-refractivity contribution is 5.98. The van der Waals surface area contributed by atoms with Crippen LogP contribution in [0.25, 0.3) is 22.4 Å². The summed E-state index contributed by atoms with van der Waals surface area (Å²) < 4.78 is 18.8. The van der Waals surface area contributed by atoms with Crippen LogP contribution in [0.3, 0.4) is 0 Å². The molecule has 2 heterocycles. The van der Waals surface area contributed by atoms with Crippen molar-refractivity contribution in [1.82, 2.24) is 10.1 Å². The summed E-state index contributed by atoms with van der Waals surface area (Å²) in [6, 6.07) is 9.54. The molecule has 144 valence electrons. The maximum absolute atomic E-state index is 13.3. The fourth-order valence-electron chi connectivity index (χ4n) is 3.52. The molecule has 0 atom stereocenters. The molecular weight excluding hydrogens is 361 g/mol. The van der Waals surface area contributed by atoms with Gasteiger partial charge in [0.25, 0.3) is 0 Å². The molecule has 4 rings (SSSR count). The van der Waals surface area contributed by atoms with E-state index in [-0.39, 0.29) is 29.6 Å². The summed E-state index contributed by atoms with van der Waals surface area (Å²) in [6.45, 7) is 0. The van der Waals surface area contributed by atoms with Gasteiger partial charge >= 0.3 is 0 Å². The van der Waals surface area contributed by atoms with Crippen molar-refractivity contribution in [2.24, 2.45) is 5.92 Å². The first-order chi connectivity index (χ1) is 13.6. The van der Waals surface area contributed by atoms with Crippen molar-refractivity contribution in [3.05, 3.63) is 54.6 Å². The molecule has 1 aromatic carbocycles. The van der Waals surface area contributed by atoms with E-state index in [0.29, 0.717) is 42.5 Å². The van der Waals surface area contributed by atoms with Gasteiger partial charge in [-0.15, -0.1) is 0 Å². The van der Waals surface area contributed by atoms with Crippen LogP contribution in [0, 0.1) is 11.7 Å². The maximum atomic E-state index is 13.3. The third-order valence-corrected chi connectivity index (χ3v) is 5.08. The molecule has 2 N–H and O–H groups in total. The Morgan fingerprint density at radius 2 is 1.71 bits per heavy atom. The number of nitrogens with zero attached hydrogens (tertiary/aromatic N) is 2. The summed E-state index contributed by atoms with van der Waals surface area (Å²) in [5.74, 6) is -0.413. The second-order valence-corrected chi connectivity index (χ2v) is 6.97. The first kappa shape index (κ1) is 18.3. The zero-order valence-electron chi connectivity index (χ0n) is 15.1. The van der Waals surface area contributed by atoms with Crippen molar-refractivity contribution >= 4 is 11.8 Å². The van der Waals surface area contributed by atoms with Gasteiger partial charge in [0.2, 0.25) is 11.8 Å². The molecule has 0 saturated heterocycles. The zero-order valence-corrected chi connectivity index (χ0v) is 15.1. The van der Waals surface area contributed by atoms with Gasteiger partial charge < -0.3 is 9.63 Å². The van der Waals surface area contributed by atoms with Crippen LogP contribution in [0.4, 0.5) is 10.3 Å². The number of aliphatic hydroxyl groups is 1. The molecule has 0 radical (unpaired) electrons. The Morgan fingerprint density at radius 3 is 2.39 bits per heavy atom. The molecule has 2 aromatic heterocycles. The Kier molecular flexibility index (Phi) is 5.16. The summed E-state index contributed by atoms with van der Waals surface area (Å²) >= 11 is 0. The average molecular weight is 381 g/mol. The number of carbonyl (C=O) groups excluding carboxylic acids is 1. The smallest absolute Gasteiger partial charge is 0.239 e. The number of nitrogens with one attached hydrogen (secondary N) is 1. The average Bonchev–Trinajstić information content (AvgIpc) is 3.13. The molecule has 1 saturated carbocycles. The standard InChI is InChI=1S/C21H20FN3O3/c22-16-5-1-14(2-6-16)19-18(13-9-11-23-12-10-13)21(28-25-19)24-20(27)15-3-7-17(26)8-4-15/h1-2,5-6,9-12,15,17,26H,3-4,7-8H2,(H,24,27).